The molecule has 0 rings (SSSR count). The standard InChI is InChI=1S/C56H115N.ClH/c1-6-11-14-17-20-22-24-26-28-30-32-34-36-38-40-43-46-49-54-57(56(51-9-4,52-10-5)53-48-45-42-19-16-13-8-3)55-50-47-44-41-39-37-35-33-31-29-27-25-23-21-18-15-12-7-2;/h6-55H2,1-5H3;1H. The summed E-state index contributed by atoms with van der Waals surface area (Å²) in [5.74, 6) is 0. The summed E-state index contributed by atoms with van der Waals surface area (Å²) in [6.07, 6.45) is 70.5. The van der Waals surface area contributed by atoms with Gasteiger partial charge in [0.15, 0.2) is 0 Å². The molecule has 1 nitrogen and oxygen atoms in total. The molecule has 2 heteroatoms. The van der Waals surface area contributed by atoms with Crippen molar-refractivity contribution in [1.29, 1.82) is 0 Å². The molecule has 0 aliphatic rings. The minimum Gasteiger partial charge on any atom is -1.00 e. The summed E-state index contributed by atoms with van der Waals surface area (Å²) < 4.78 is 0. The van der Waals surface area contributed by atoms with E-state index in [2.05, 4.69) is 34.6 Å². The third kappa shape index (κ3) is 41.6. The molecule has 0 aliphatic carbocycles. The van der Waals surface area contributed by atoms with Crippen LogP contribution in [0.3, 0.4) is 0 Å². The molecule has 0 aromatic carbocycles. The van der Waals surface area contributed by atoms with Crippen LogP contribution >= 0.6 is 0 Å². The van der Waals surface area contributed by atoms with Crippen molar-refractivity contribution >= 4 is 0 Å². The maximum absolute atomic E-state index is 2.49. The monoisotopic (exact) mass is 838 g/mol. The number of halogens is 1. The Bertz CT molecular complexity index is 661. The van der Waals surface area contributed by atoms with Gasteiger partial charge in [-0.25, -0.2) is 0 Å². The van der Waals surface area contributed by atoms with Gasteiger partial charge in [0.1, 0.15) is 0 Å². The molecule has 0 saturated heterocycles. The molecule has 0 amide bonds. The fraction of sp³-hybridized carbons (Fsp3) is 1.00. The van der Waals surface area contributed by atoms with Gasteiger partial charge in [0.05, 0.1) is 18.6 Å². The molecule has 0 aliphatic heterocycles. The SMILES string of the molecule is CCCCCCCCCCCCCCCCCCCC[NH+](CCCCCCCCCCCCCCCCCCCC)C(CCC)(CCC)CCCCCCCCC.[Cl-]. The average molecular weight is 839 g/mol. The van der Waals surface area contributed by atoms with Crippen molar-refractivity contribution in [3.63, 3.8) is 0 Å². The maximum atomic E-state index is 2.49. The fourth-order valence-corrected chi connectivity index (χ4v) is 10.4. The van der Waals surface area contributed by atoms with E-state index in [9.17, 15) is 0 Å². The van der Waals surface area contributed by atoms with E-state index in [1.54, 1.807) is 0 Å². The third-order valence-electron chi connectivity index (χ3n) is 14.1. The average Bonchev–Trinajstić information content (AvgIpc) is 3.21. The number of quaternary nitrogens is 1. The van der Waals surface area contributed by atoms with E-state index < -0.39 is 0 Å². The quantitative estimate of drug-likeness (QED) is 0.0582. The number of unbranched alkanes of at least 4 members (excludes halogenated alkanes) is 40. The number of rotatable bonds is 51. The van der Waals surface area contributed by atoms with Crippen LogP contribution < -0.4 is 17.3 Å². The van der Waals surface area contributed by atoms with Crippen LogP contribution in [0.1, 0.15) is 343 Å². The number of hydrogen-bond acceptors (Lipinski definition) is 0. The van der Waals surface area contributed by atoms with Crippen LogP contribution in [0.4, 0.5) is 0 Å². The first-order valence-corrected chi connectivity index (χ1v) is 28.1. The van der Waals surface area contributed by atoms with Crippen LogP contribution in [0.15, 0.2) is 0 Å². The molecule has 58 heavy (non-hydrogen) atoms. The normalized spacial score (nSPS) is 11.9. The maximum Gasteiger partial charge on any atom is 0.0976 e. The van der Waals surface area contributed by atoms with Gasteiger partial charge in [0.25, 0.3) is 0 Å². The number of nitrogens with one attached hydrogen (secondary N) is 1. The summed E-state index contributed by atoms with van der Waals surface area (Å²) in [5.41, 5.74) is 0.552. The molecule has 0 fully saturated rings. The first kappa shape index (κ1) is 60.3. The Morgan fingerprint density at radius 3 is 0.603 bits per heavy atom. The summed E-state index contributed by atoms with van der Waals surface area (Å²) in [4.78, 5) is 2.05. The lowest BCUT2D eigenvalue weighted by Crippen LogP contribution is -3.20. The number of hydrogen-bond donors (Lipinski definition) is 1. The van der Waals surface area contributed by atoms with E-state index >= 15 is 0 Å². The Morgan fingerprint density at radius 1 is 0.207 bits per heavy atom. The highest BCUT2D eigenvalue weighted by atomic mass is 35.5. The van der Waals surface area contributed by atoms with Crippen molar-refractivity contribution < 1.29 is 17.3 Å². The third-order valence-corrected chi connectivity index (χ3v) is 14.1. The predicted molar refractivity (Wildman–Crippen MR) is 263 cm³/mol. The van der Waals surface area contributed by atoms with E-state index in [0.717, 1.165) is 0 Å². The van der Waals surface area contributed by atoms with Crippen LogP contribution in [0.25, 0.3) is 0 Å². The Hall–Kier alpha value is 0.250. The van der Waals surface area contributed by atoms with Gasteiger partial charge in [0.2, 0.25) is 0 Å². The fourth-order valence-electron chi connectivity index (χ4n) is 10.4. The first-order valence-electron chi connectivity index (χ1n) is 28.1. The second-order valence-electron chi connectivity index (χ2n) is 19.8. The van der Waals surface area contributed by atoms with Crippen LogP contribution in [0, 0.1) is 0 Å². The summed E-state index contributed by atoms with van der Waals surface area (Å²) >= 11 is 0. The minimum atomic E-state index is 0. The highest BCUT2D eigenvalue weighted by Crippen LogP contribution is 2.25. The molecule has 0 atom stereocenters. The molecule has 0 saturated carbocycles. The van der Waals surface area contributed by atoms with Gasteiger partial charge >= 0.3 is 0 Å². The zero-order valence-electron chi connectivity index (χ0n) is 41.7. The first-order chi connectivity index (χ1) is 28.2. The molecular weight excluding hydrogens is 722 g/mol. The van der Waals surface area contributed by atoms with Crippen LogP contribution in [0.2, 0.25) is 0 Å². The summed E-state index contributed by atoms with van der Waals surface area (Å²) in [7, 11) is 0. The van der Waals surface area contributed by atoms with Gasteiger partial charge in [-0.1, -0.05) is 291 Å². The molecule has 352 valence electrons. The van der Waals surface area contributed by atoms with Crippen molar-refractivity contribution in [2.24, 2.45) is 0 Å². The predicted octanol–water partition coefficient (Wildman–Crippen LogP) is 16.4. The van der Waals surface area contributed by atoms with Crippen molar-refractivity contribution in [2.45, 2.75) is 348 Å². The van der Waals surface area contributed by atoms with Crippen LogP contribution in [0.5, 0.6) is 0 Å². The van der Waals surface area contributed by atoms with Gasteiger partial charge in [-0.2, -0.15) is 0 Å². The summed E-state index contributed by atoms with van der Waals surface area (Å²) in [5, 5.41) is 0. The van der Waals surface area contributed by atoms with Crippen molar-refractivity contribution in [3.8, 4) is 0 Å². The summed E-state index contributed by atoms with van der Waals surface area (Å²) in [6.45, 7) is 14.9. The van der Waals surface area contributed by atoms with E-state index in [4.69, 9.17) is 0 Å². The molecular formula is C56H116ClN. The summed E-state index contributed by atoms with van der Waals surface area (Å²) in [6, 6.07) is 0. The van der Waals surface area contributed by atoms with E-state index in [0.29, 0.717) is 5.54 Å². The second kappa shape index (κ2) is 51.6. The Morgan fingerprint density at radius 2 is 0.397 bits per heavy atom. The van der Waals surface area contributed by atoms with Crippen molar-refractivity contribution in [1.82, 2.24) is 0 Å². The topological polar surface area (TPSA) is 4.44 Å². The molecule has 0 radical (unpaired) electrons. The van der Waals surface area contributed by atoms with Gasteiger partial charge < -0.3 is 17.3 Å². The molecule has 0 bridgehead atoms. The second-order valence-corrected chi connectivity index (χ2v) is 19.8. The van der Waals surface area contributed by atoms with Crippen molar-refractivity contribution in [3.05, 3.63) is 0 Å². The zero-order chi connectivity index (χ0) is 41.4. The van der Waals surface area contributed by atoms with Crippen molar-refractivity contribution in [2.75, 3.05) is 13.1 Å². The van der Waals surface area contributed by atoms with E-state index in [1.165, 1.54) is 321 Å². The molecule has 0 aromatic rings. The van der Waals surface area contributed by atoms with Gasteiger partial charge in [-0.15, -0.1) is 0 Å². The Balaban J connectivity index is 0. The molecule has 0 heterocycles. The van der Waals surface area contributed by atoms with Crippen LogP contribution in [-0.4, -0.2) is 18.6 Å². The molecule has 0 aromatic heterocycles. The lowest BCUT2D eigenvalue weighted by Gasteiger charge is -2.42. The largest absolute Gasteiger partial charge is 1.00 e. The molecule has 0 unspecified atom stereocenters. The van der Waals surface area contributed by atoms with Crippen LogP contribution in [-0.2, 0) is 0 Å². The highest BCUT2D eigenvalue weighted by Gasteiger charge is 2.38. The molecule has 0 spiro atoms. The highest BCUT2D eigenvalue weighted by molar-refractivity contribution is 4.79. The van der Waals surface area contributed by atoms with Gasteiger partial charge in [-0.05, 0) is 32.1 Å². The minimum absolute atomic E-state index is 0. The Kier molecular flexibility index (Phi) is 53.7. The van der Waals surface area contributed by atoms with E-state index in [-0.39, 0.29) is 12.4 Å². The Labute approximate surface area is 377 Å². The van der Waals surface area contributed by atoms with Gasteiger partial charge in [-0.3, -0.25) is 0 Å². The zero-order valence-corrected chi connectivity index (χ0v) is 42.5. The van der Waals surface area contributed by atoms with E-state index in [1.807, 2.05) is 4.90 Å². The van der Waals surface area contributed by atoms with Gasteiger partial charge in [0, 0.05) is 19.3 Å². The lowest BCUT2D eigenvalue weighted by atomic mass is 9.81. The smallest absolute Gasteiger partial charge is 0.0976 e. The lowest BCUT2D eigenvalue weighted by molar-refractivity contribution is -0.955. The molecule has 1 N–H and O–H groups in total.